The van der Waals surface area contributed by atoms with Gasteiger partial charge in [0.2, 0.25) is 0 Å². The smallest absolute Gasteiger partial charge is 0.429 e. The van der Waals surface area contributed by atoms with Crippen LogP contribution in [0, 0.1) is 0 Å². The normalized spacial score (nSPS) is 12.6. The van der Waals surface area contributed by atoms with Crippen molar-refractivity contribution in [3.05, 3.63) is 48.6 Å². The van der Waals surface area contributed by atoms with Crippen molar-refractivity contribution in [1.29, 1.82) is 0 Å². The second-order valence-electron chi connectivity index (χ2n) is 5.01. The first kappa shape index (κ1) is 14.3. The minimum Gasteiger partial charge on any atom is -0.429 e. The Morgan fingerprint density at radius 3 is 2.44 bits per heavy atom. The highest BCUT2D eigenvalue weighted by Crippen LogP contribution is 2.23. The Bertz CT molecular complexity index is 390. The molecule has 0 saturated heterocycles. The van der Waals surface area contributed by atoms with Crippen LogP contribution in [0.5, 0.6) is 0 Å². The van der Waals surface area contributed by atoms with E-state index < -0.39 is 11.8 Å². The van der Waals surface area contributed by atoms with Crippen LogP contribution in [0.15, 0.2) is 43.0 Å². The van der Waals surface area contributed by atoms with Gasteiger partial charge < -0.3 is 9.47 Å². The van der Waals surface area contributed by atoms with Gasteiger partial charge in [0.25, 0.3) is 0 Å². The van der Waals surface area contributed by atoms with Gasteiger partial charge in [0.05, 0.1) is 0 Å². The molecule has 0 heterocycles. The Labute approximate surface area is 108 Å². The molecule has 1 aromatic rings. The van der Waals surface area contributed by atoms with Crippen LogP contribution < -0.4 is 0 Å². The minimum atomic E-state index is -0.654. The van der Waals surface area contributed by atoms with Crippen LogP contribution in [0.4, 0.5) is 4.79 Å². The first-order valence-corrected chi connectivity index (χ1v) is 5.98. The molecule has 0 aliphatic heterocycles. The molecule has 1 atom stereocenters. The number of carbonyl (C=O) groups excluding carboxylic acids is 1. The highest BCUT2D eigenvalue weighted by atomic mass is 16.7. The second-order valence-corrected chi connectivity index (χ2v) is 5.01. The predicted molar refractivity (Wildman–Crippen MR) is 71.3 cm³/mol. The van der Waals surface area contributed by atoms with Crippen LogP contribution in [-0.4, -0.2) is 11.8 Å². The zero-order valence-electron chi connectivity index (χ0n) is 11.2. The van der Waals surface area contributed by atoms with Crippen molar-refractivity contribution in [3.63, 3.8) is 0 Å². The SMILES string of the molecule is C=CC[C@@H](OC(=O)OC(C)(C)C)c1ccccc1. The molecule has 0 aliphatic rings. The third kappa shape index (κ3) is 5.04. The first-order valence-electron chi connectivity index (χ1n) is 5.98. The largest absolute Gasteiger partial charge is 0.509 e. The molecule has 0 unspecified atom stereocenters. The molecule has 1 rings (SSSR count). The molecule has 0 amide bonds. The number of hydrogen-bond donors (Lipinski definition) is 0. The van der Waals surface area contributed by atoms with Crippen molar-refractivity contribution in [3.8, 4) is 0 Å². The van der Waals surface area contributed by atoms with E-state index in [4.69, 9.17) is 9.47 Å². The van der Waals surface area contributed by atoms with Crippen LogP contribution in [-0.2, 0) is 9.47 Å². The Kier molecular flexibility index (Phi) is 4.95. The summed E-state index contributed by atoms with van der Waals surface area (Å²) in [5.41, 5.74) is 0.384. The molecule has 0 saturated carbocycles. The highest BCUT2D eigenvalue weighted by Gasteiger charge is 2.21. The van der Waals surface area contributed by atoms with E-state index in [2.05, 4.69) is 6.58 Å². The number of rotatable bonds is 4. The molecule has 1 aromatic carbocycles. The van der Waals surface area contributed by atoms with Crippen molar-refractivity contribution < 1.29 is 14.3 Å². The summed E-state index contributed by atoms with van der Waals surface area (Å²) in [6, 6.07) is 9.56. The first-order chi connectivity index (χ1) is 8.42. The maximum atomic E-state index is 11.6. The molecular weight excluding hydrogens is 228 g/mol. The van der Waals surface area contributed by atoms with Gasteiger partial charge in [0.15, 0.2) is 0 Å². The maximum Gasteiger partial charge on any atom is 0.509 e. The van der Waals surface area contributed by atoms with Gasteiger partial charge in [0, 0.05) is 6.42 Å². The molecule has 98 valence electrons. The molecule has 0 aliphatic carbocycles. The molecule has 3 heteroatoms. The van der Waals surface area contributed by atoms with E-state index in [1.165, 1.54) is 0 Å². The number of hydrogen-bond acceptors (Lipinski definition) is 3. The lowest BCUT2D eigenvalue weighted by atomic mass is 10.1. The molecule has 3 nitrogen and oxygen atoms in total. The van der Waals surface area contributed by atoms with E-state index in [-0.39, 0.29) is 6.10 Å². The Morgan fingerprint density at radius 1 is 1.33 bits per heavy atom. The number of benzene rings is 1. The monoisotopic (exact) mass is 248 g/mol. The molecule has 18 heavy (non-hydrogen) atoms. The predicted octanol–water partition coefficient (Wildman–Crippen LogP) is 4.26. The maximum absolute atomic E-state index is 11.6. The molecule has 0 N–H and O–H groups in total. The van der Waals surface area contributed by atoms with Crippen LogP contribution in [0.2, 0.25) is 0 Å². The highest BCUT2D eigenvalue weighted by molar-refractivity contribution is 5.61. The van der Waals surface area contributed by atoms with Crippen LogP contribution in [0.3, 0.4) is 0 Å². The van der Waals surface area contributed by atoms with Crippen molar-refractivity contribution >= 4 is 6.16 Å². The van der Waals surface area contributed by atoms with Gasteiger partial charge in [-0.1, -0.05) is 36.4 Å². The average Bonchev–Trinajstić information content (AvgIpc) is 2.27. The second kappa shape index (κ2) is 6.24. The summed E-state index contributed by atoms with van der Waals surface area (Å²) < 4.78 is 10.5. The van der Waals surface area contributed by atoms with E-state index in [1.807, 2.05) is 30.3 Å². The summed E-state index contributed by atoms with van der Waals surface area (Å²) in [7, 11) is 0. The lowest BCUT2D eigenvalue weighted by Gasteiger charge is -2.22. The minimum absolute atomic E-state index is 0.349. The van der Waals surface area contributed by atoms with Gasteiger partial charge in [-0.05, 0) is 26.3 Å². The zero-order chi connectivity index (χ0) is 13.6. The molecule has 0 bridgehead atoms. The van der Waals surface area contributed by atoms with E-state index in [9.17, 15) is 4.79 Å². The summed E-state index contributed by atoms with van der Waals surface area (Å²) in [5, 5.41) is 0. The van der Waals surface area contributed by atoms with Crippen LogP contribution in [0.1, 0.15) is 38.9 Å². The lowest BCUT2D eigenvalue weighted by molar-refractivity contribution is -0.0269. The van der Waals surface area contributed by atoms with Gasteiger partial charge in [0.1, 0.15) is 11.7 Å². The quantitative estimate of drug-likeness (QED) is 0.590. The molecule has 0 aromatic heterocycles. The van der Waals surface area contributed by atoms with Gasteiger partial charge in [-0.3, -0.25) is 0 Å². The van der Waals surface area contributed by atoms with Gasteiger partial charge >= 0.3 is 6.16 Å². The Morgan fingerprint density at radius 2 is 1.94 bits per heavy atom. The van der Waals surface area contributed by atoms with Crippen molar-refractivity contribution in [2.24, 2.45) is 0 Å². The lowest BCUT2D eigenvalue weighted by Crippen LogP contribution is -2.25. The van der Waals surface area contributed by atoms with E-state index >= 15 is 0 Å². The number of carbonyl (C=O) groups is 1. The third-order valence-corrected chi connectivity index (χ3v) is 2.18. The summed E-state index contributed by atoms with van der Waals surface area (Å²) in [6.45, 7) is 9.09. The summed E-state index contributed by atoms with van der Waals surface area (Å²) >= 11 is 0. The molecule has 0 radical (unpaired) electrons. The Balaban J connectivity index is 2.70. The van der Waals surface area contributed by atoms with E-state index in [0.29, 0.717) is 6.42 Å². The van der Waals surface area contributed by atoms with Gasteiger partial charge in [-0.15, -0.1) is 6.58 Å². The summed E-state index contributed by atoms with van der Waals surface area (Å²) in [5.74, 6) is 0. The van der Waals surface area contributed by atoms with E-state index in [1.54, 1.807) is 26.8 Å². The fraction of sp³-hybridized carbons (Fsp3) is 0.400. The van der Waals surface area contributed by atoms with Crippen molar-refractivity contribution in [2.45, 2.75) is 38.9 Å². The third-order valence-electron chi connectivity index (χ3n) is 2.18. The summed E-state index contributed by atoms with van der Waals surface area (Å²) in [4.78, 5) is 11.6. The molecule has 0 fully saturated rings. The van der Waals surface area contributed by atoms with Crippen molar-refractivity contribution in [2.75, 3.05) is 0 Å². The van der Waals surface area contributed by atoms with Gasteiger partial charge in [-0.2, -0.15) is 0 Å². The summed E-state index contributed by atoms with van der Waals surface area (Å²) in [6.07, 6.45) is 1.28. The van der Waals surface area contributed by atoms with Crippen molar-refractivity contribution in [1.82, 2.24) is 0 Å². The standard InChI is InChI=1S/C15H20O3/c1-5-9-13(12-10-7-6-8-11-12)17-14(16)18-15(2,3)4/h5-8,10-11,13H,1,9H2,2-4H3/t13-/m1/s1. The fourth-order valence-electron chi connectivity index (χ4n) is 1.46. The zero-order valence-corrected chi connectivity index (χ0v) is 11.2. The van der Waals surface area contributed by atoms with E-state index in [0.717, 1.165) is 5.56 Å². The van der Waals surface area contributed by atoms with Gasteiger partial charge in [-0.25, -0.2) is 4.79 Å². The van der Waals surface area contributed by atoms with Crippen LogP contribution in [0.25, 0.3) is 0 Å². The average molecular weight is 248 g/mol. The molecule has 0 spiro atoms. The van der Waals surface area contributed by atoms with Crippen LogP contribution >= 0.6 is 0 Å². The Hall–Kier alpha value is -1.77. The number of ether oxygens (including phenoxy) is 2. The topological polar surface area (TPSA) is 35.5 Å². The fourth-order valence-corrected chi connectivity index (χ4v) is 1.46. The molecular formula is C15H20O3.